The van der Waals surface area contributed by atoms with Crippen molar-refractivity contribution in [2.24, 2.45) is 0 Å². The number of carbonyl (C=O) groups is 1. The van der Waals surface area contributed by atoms with Gasteiger partial charge in [-0.05, 0) is 44.2 Å². The molecule has 2 aromatic carbocycles. The molecule has 0 aliphatic carbocycles. The van der Waals surface area contributed by atoms with E-state index >= 15 is 0 Å². The molecule has 0 radical (unpaired) electrons. The van der Waals surface area contributed by atoms with Gasteiger partial charge < -0.3 is 19.9 Å². The topological polar surface area (TPSA) is 76.4 Å². The molecular formula is C21H21N3O3. The first-order chi connectivity index (χ1) is 13.1. The first kappa shape index (κ1) is 17.3. The molecular weight excluding hydrogens is 342 g/mol. The van der Waals surface area contributed by atoms with E-state index in [1.165, 1.54) is 0 Å². The first-order valence-electron chi connectivity index (χ1n) is 8.93. The van der Waals surface area contributed by atoms with E-state index in [9.17, 15) is 4.79 Å². The van der Waals surface area contributed by atoms with Crippen molar-refractivity contribution < 1.29 is 14.1 Å². The highest BCUT2D eigenvalue weighted by Crippen LogP contribution is 2.37. The van der Waals surface area contributed by atoms with Crippen molar-refractivity contribution in [3.8, 4) is 16.9 Å². The number of nitrogens with one attached hydrogen (secondary N) is 2. The van der Waals surface area contributed by atoms with Gasteiger partial charge in [-0.3, -0.25) is 4.79 Å². The van der Waals surface area contributed by atoms with Gasteiger partial charge in [0.2, 0.25) is 0 Å². The Bertz CT molecular complexity index is 943. The Balaban J connectivity index is 1.68. The SMILES string of the molecule is Cc1noc(C)c1-c1cc(NC(=O)c2ccccc2)ccc1OC1CNC1. The number of hydrogen-bond acceptors (Lipinski definition) is 5. The number of amides is 1. The van der Waals surface area contributed by atoms with Gasteiger partial charge in [-0.15, -0.1) is 0 Å². The second-order valence-electron chi connectivity index (χ2n) is 6.63. The van der Waals surface area contributed by atoms with Crippen LogP contribution >= 0.6 is 0 Å². The third-order valence-corrected chi connectivity index (χ3v) is 4.61. The molecule has 1 saturated heterocycles. The number of rotatable bonds is 5. The van der Waals surface area contributed by atoms with E-state index in [1.807, 2.05) is 50.2 Å². The molecule has 0 saturated carbocycles. The van der Waals surface area contributed by atoms with Crippen LogP contribution in [0, 0.1) is 13.8 Å². The van der Waals surface area contributed by atoms with E-state index in [0.717, 1.165) is 41.4 Å². The van der Waals surface area contributed by atoms with Crippen molar-refractivity contribution >= 4 is 11.6 Å². The Labute approximate surface area is 157 Å². The number of aryl methyl sites for hydroxylation is 2. The lowest BCUT2D eigenvalue weighted by Crippen LogP contribution is -2.50. The summed E-state index contributed by atoms with van der Waals surface area (Å²) in [6, 6.07) is 14.8. The molecule has 1 fully saturated rings. The van der Waals surface area contributed by atoms with E-state index in [-0.39, 0.29) is 12.0 Å². The lowest BCUT2D eigenvalue weighted by Gasteiger charge is -2.29. The first-order valence-corrected chi connectivity index (χ1v) is 8.93. The van der Waals surface area contributed by atoms with Crippen LogP contribution in [0.2, 0.25) is 0 Å². The zero-order valence-corrected chi connectivity index (χ0v) is 15.3. The maximum absolute atomic E-state index is 12.5. The molecule has 3 aromatic rings. The van der Waals surface area contributed by atoms with Gasteiger partial charge in [0.1, 0.15) is 17.6 Å². The van der Waals surface area contributed by atoms with Crippen LogP contribution < -0.4 is 15.4 Å². The van der Waals surface area contributed by atoms with Gasteiger partial charge in [0.05, 0.1) is 11.3 Å². The lowest BCUT2D eigenvalue weighted by atomic mass is 10.0. The molecule has 0 unspecified atom stereocenters. The Kier molecular flexibility index (Phi) is 4.64. The second kappa shape index (κ2) is 7.25. The third kappa shape index (κ3) is 3.57. The number of ether oxygens (including phenoxy) is 1. The van der Waals surface area contributed by atoms with Crippen LogP contribution in [0.5, 0.6) is 5.75 Å². The fraction of sp³-hybridized carbons (Fsp3) is 0.238. The molecule has 138 valence electrons. The second-order valence-corrected chi connectivity index (χ2v) is 6.63. The Morgan fingerprint density at radius 3 is 2.59 bits per heavy atom. The summed E-state index contributed by atoms with van der Waals surface area (Å²) in [6.45, 7) is 5.43. The van der Waals surface area contributed by atoms with Crippen molar-refractivity contribution in [1.29, 1.82) is 0 Å². The predicted molar refractivity (Wildman–Crippen MR) is 103 cm³/mol. The van der Waals surface area contributed by atoms with Gasteiger partial charge in [0, 0.05) is 29.9 Å². The largest absolute Gasteiger partial charge is 0.487 e. The molecule has 27 heavy (non-hydrogen) atoms. The summed E-state index contributed by atoms with van der Waals surface area (Å²) in [6.07, 6.45) is 0.147. The van der Waals surface area contributed by atoms with Crippen molar-refractivity contribution in [1.82, 2.24) is 10.5 Å². The minimum absolute atomic E-state index is 0.147. The molecule has 6 heteroatoms. The monoisotopic (exact) mass is 363 g/mol. The highest BCUT2D eigenvalue weighted by Gasteiger charge is 2.23. The summed E-state index contributed by atoms with van der Waals surface area (Å²) >= 11 is 0. The van der Waals surface area contributed by atoms with E-state index in [0.29, 0.717) is 11.3 Å². The maximum atomic E-state index is 12.5. The van der Waals surface area contributed by atoms with Crippen molar-refractivity contribution in [2.75, 3.05) is 18.4 Å². The van der Waals surface area contributed by atoms with E-state index < -0.39 is 0 Å². The molecule has 0 atom stereocenters. The standard InChI is InChI=1S/C21H21N3O3/c1-13-20(14(2)27-24-13)18-10-16(8-9-19(18)26-17-11-22-12-17)23-21(25)15-6-4-3-5-7-15/h3-10,17,22H,11-12H2,1-2H3,(H,23,25). The highest BCUT2D eigenvalue weighted by atomic mass is 16.5. The van der Waals surface area contributed by atoms with Crippen LogP contribution in [-0.2, 0) is 0 Å². The molecule has 2 N–H and O–H groups in total. The molecule has 4 rings (SSSR count). The molecule has 6 nitrogen and oxygen atoms in total. The highest BCUT2D eigenvalue weighted by molar-refractivity contribution is 6.04. The Morgan fingerprint density at radius 1 is 1.19 bits per heavy atom. The van der Waals surface area contributed by atoms with Crippen LogP contribution in [0.1, 0.15) is 21.8 Å². The van der Waals surface area contributed by atoms with Crippen LogP contribution in [0.25, 0.3) is 11.1 Å². The predicted octanol–water partition coefficient (Wildman–Crippen LogP) is 3.56. The van der Waals surface area contributed by atoms with Crippen LogP contribution in [0.15, 0.2) is 53.1 Å². The lowest BCUT2D eigenvalue weighted by molar-refractivity contribution is 0.102. The molecule has 1 aromatic heterocycles. The molecule has 1 aliphatic rings. The fourth-order valence-corrected chi connectivity index (χ4v) is 3.09. The van der Waals surface area contributed by atoms with Crippen LogP contribution in [0.4, 0.5) is 5.69 Å². The summed E-state index contributed by atoms with van der Waals surface area (Å²) in [5.41, 5.74) is 3.85. The van der Waals surface area contributed by atoms with Crippen LogP contribution in [0.3, 0.4) is 0 Å². The van der Waals surface area contributed by atoms with Crippen LogP contribution in [-0.4, -0.2) is 30.3 Å². The molecule has 1 amide bonds. The quantitative estimate of drug-likeness (QED) is 0.725. The Morgan fingerprint density at radius 2 is 1.96 bits per heavy atom. The summed E-state index contributed by atoms with van der Waals surface area (Å²) in [7, 11) is 0. The maximum Gasteiger partial charge on any atom is 0.255 e. The number of nitrogens with zero attached hydrogens (tertiary/aromatic N) is 1. The number of carbonyl (C=O) groups excluding carboxylic acids is 1. The van der Waals surface area contributed by atoms with Crippen molar-refractivity contribution in [3.63, 3.8) is 0 Å². The molecule has 1 aliphatic heterocycles. The molecule has 0 spiro atoms. The minimum Gasteiger partial charge on any atom is -0.487 e. The van der Waals surface area contributed by atoms with Gasteiger partial charge in [-0.25, -0.2) is 0 Å². The minimum atomic E-state index is -0.155. The van der Waals surface area contributed by atoms with E-state index in [4.69, 9.17) is 9.26 Å². The zero-order valence-electron chi connectivity index (χ0n) is 15.3. The number of benzene rings is 2. The molecule has 2 heterocycles. The van der Waals surface area contributed by atoms with Crippen molar-refractivity contribution in [2.45, 2.75) is 20.0 Å². The van der Waals surface area contributed by atoms with Gasteiger partial charge in [0.25, 0.3) is 5.91 Å². The van der Waals surface area contributed by atoms with Gasteiger partial charge >= 0.3 is 0 Å². The smallest absolute Gasteiger partial charge is 0.255 e. The van der Waals surface area contributed by atoms with E-state index in [1.54, 1.807) is 12.1 Å². The molecule has 0 bridgehead atoms. The average Bonchev–Trinajstić information content (AvgIpc) is 2.98. The van der Waals surface area contributed by atoms with E-state index in [2.05, 4.69) is 15.8 Å². The van der Waals surface area contributed by atoms with Gasteiger partial charge in [-0.2, -0.15) is 0 Å². The fourth-order valence-electron chi connectivity index (χ4n) is 3.09. The number of anilines is 1. The summed E-state index contributed by atoms with van der Waals surface area (Å²) < 4.78 is 11.5. The average molecular weight is 363 g/mol. The number of aromatic nitrogens is 1. The third-order valence-electron chi connectivity index (χ3n) is 4.61. The summed E-state index contributed by atoms with van der Waals surface area (Å²) in [5, 5.41) is 10.2. The normalized spacial score (nSPS) is 13.9. The Hall–Kier alpha value is -3.12. The van der Waals surface area contributed by atoms with Gasteiger partial charge in [-0.1, -0.05) is 23.4 Å². The van der Waals surface area contributed by atoms with Crippen molar-refractivity contribution in [3.05, 3.63) is 65.5 Å². The number of hydrogen-bond donors (Lipinski definition) is 2. The zero-order chi connectivity index (χ0) is 18.8. The van der Waals surface area contributed by atoms with Gasteiger partial charge in [0.15, 0.2) is 0 Å². The summed E-state index contributed by atoms with van der Waals surface area (Å²) in [5.74, 6) is 1.32. The summed E-state index contributed by atoms with van der Waals surface area (Å²) in [4.78, 5) is 12.5.